The van der Waals surface area contributed by atoms with Crippen LogP contribution in [0.15, 0.2) is 59.5 Å². The van der Waals surface area contributed by atoms with E-state index in [9.17, 15) is 23.4 Å². The van der Waals surface area contributed by atoms with E-state index < -0.39 is 40.3 Å². The van der Waals surface area contributed by atoms with E-state index in [0.29, 0.717) is 0 Å². The number of rotatable bonds is 7. The normalized spacial score (nSPS) is 24.4. The number of aliphatic hydroxyl groups excluding tert-OH is 1. The molecule has 1 amide bonds. The SMILES string of the molecule is O=C(NC[C@H]1OC[C@@](O)(CNS(=O)(=O)c2ccccc2)[C@@H]1O)c1ccccc1Cl. The van der Waals surface area contributed by atoms with Crippen LogP contribution in [0.4, 0.5) is 0 Å². The van der Waals surface area contributed by atoms with Gasteiger partial charge in [0, 0.05) is 13.1 Å². The fourth-order valence-corrected chi connectivity index (χ4v) is 4.28. The van der Waals surface area contributed by atoms with Crippen LogP contribution in [0.2, 0.25) is 5.02 Å². The third-order valence-corrected chi connectivity index (χ3v) is 6.40. The number of hydrogen-bond donors (Lipinski definition) is 4. The molecule has 1 saturated heterocycles. The van der Waals surface area contributed by atoms with Crippen molar-refractivity contribution in [2.75, 3.05) is 19.7 Å². The number of amides is 1. The molecule has 156 valence electrons. The van der Waals surface area contributed by atoms with Crippen LogP contribution >= 0.6 is 11.6 Å². The number of hydrogen-bond acceptors (Lipinski definition) is 6. The van der Waals surface area contributed by atoms with E-state index in [1.165, 1.54) is 12.1 Å². The molecule has 0 spiro atoms. The first-order chi connectivity index (χ1) is 13.7. The van der Waals surface area contributed by atoms with Gasteiger partial charge in [-0.05, 0) is 24.3 Å². The Hall–Kier alpha value is -2.01. The van der Waals surface area contributed by atoms with Crippen LogP contribution < -0.4 is 10.0 Å². The number of sulfonamides is 1. The molecule has 0 unspecified atom stereocenters. The molecule has 0 saturated carbocycles. The van der Waals surface area contributed by atoms with Crippen molar-refractivity contribution in [3.05, 3.63) is 65.2 Å². The van der Waals surface area contributed by atoms with Gasteiger partial charge in [0.1, 0.15) is 17.8 Å². The van der Waals surface area contributed by atoms with Crippen LogP contribution in [0.5, 0.6) is 0 Å². The molecule has 0 aliphatic carbocycles. The summed E-state index contributed by atoms with van der Waals surface area (Å²) in [5.41, 5.74) is -1.56. The number of ether oxygens (including phenoxy) is 1. The third kappa shape index (κ3) is 4.95. The van der Waals surface area contributed by atoms with Crippen LogP contribution in [0.3, 0.4) is 0 Å². The molecule has 1 fully saturated rings. The number of carbonyl (C=O) groups excluding carboxylic acids is 1. The van der Waals surface area contributed by atoms with E-state index in [4.69, 9.17) is 16.3 Å². The fraction of sp³-hybridized carbons (Fsp3) is 0.316. The summed E-state index contributed by atoms with van der Waals surface area (Å²) in [7, 11) is -3.85. The highest BCUT2D eigenvalue weighted by Gasteiger charge is 2.48. The number of benzene rings is 2. The van der Waals surface area contributed by atoms with Crippen LogP contribution in [0.25, 0.3) is 0 Å². The van der Waals surface area contributed by atoms with Gasteiger partial charge in [0.2, 0.25) is 10.0 Å². The van der Waals surface area contributed by atoms with E-state index >= 15 is 0 Å². The minimum Gasteiger partial charge on any atom is -0.387 e. The zero-order chi connectivity index (χ0) is 21.1. The molecule has 1 heterocycles. The molecule has 4 N–H and O–H groups in total. The minimum absolute atomic E-state index is 0.0422. The van der Waals surface area contributed by atoms with Crippen molar-refractivity contribution in [1.82, 2.24) is 10.0 Å². The zero-order valence-electron chi connectivity index (χ0n) is 15.3. The van der Waals surface area contributed by atoms with Gasteiger partial charge in [-0.3, -0.25) is 4.79 Å². The Morgan fingerprint density at radius 3 is 2.52 bits per heavy atom. The number of carbonyl (C=O) groups is 1. The quantitative estimate of drug-likeness (QED) is 0.498. The number of nitrogens with one attached hydrogen (secondary N) is 2. The summed E-state index contributed by atoms with van der Waals surface area (Å²) in [5.74, 6) is -0.452. The molecule has 2 aromatic carbocycles. The Kier molecular flexibility index (Phi) is 6.57. The molecule has 10 heteroatoms. The maximum atomic E-state index is 12.3. The molecular weight excluding hydrogens is 420 g/mol. The van der Waals surface area contributed by atoms with Gasteiger partial charge in [0.25, 0.3) is 5.91 Å². The number of aliphatic hydroxyl groups is 2. The highest BCUT2D eigenvalue weighted by molar-refractivity contribution is 7.89. The van der Waals surface area contributed by atoms with Gasteiger partial charge >= 0.3 is 0 Å². The monoisotopic (exact) mass is 440 g/mol. The average Bonchev–Trinajstić information content (AvgIpc) is 3.00. The van der Waals surface area contributed by atoms with Gasteiger partial charge in [0.05, 0.1) is 22.1 Å². The Bertz CT molecular complexity index is 972. The molecule has 8 nitrogen and oxygen atoms in total. The van der Waals surface area contributed by atoms with Gasteiger partial charge in [-0.2, -0.15) is 0 Å². The van der Waals surface area contributed by atoms with Crippen LogP contribution in [-0.2, 0) is 14.8 Å². The number of halogens is 1. The first-order valence-corrected chi connectivity index (χ1v) is 10.7. The summed E-state index contributed by atoms with van der Waals surface area (Å²) in [6.07, 6.45) is -2.32. The summed E-state index contributed by atoms with van der Waals surface area (Å²) in [6, 6.07) is 14.2. The van der Waals surface area contributed by atoms with Crippen molar-refractivity contribution in [2.45, 2.75) is 22.7 Å². The lowest BCUT2D eigenvalue weighted by Crippen LogP contribution is -2.53. The second-order valence-electron chi connectivity index (χ2n) is 6.73. The summed E-state index contributed by atoms with van der Waals surface area (Å²) >= 11 is 5.98. The standard InChI is InChI=1S/C19H21ClN2O6S/c20-15-9-5-4-8-14(15)18(24)21-10-16-17(23)19(25,12-28-16)11-22-29(26,27)13-6-2-1-3-7-13/h1-9,16-17,22-23,25H,10-12H2,(H,21,24)/t16-,17-,19+/m1/s1. The molecule has 2 aromatic rings. The molecule has 0 bridgehead atoms. The maximum Gasteiger partial charge on any atom is 0.252 e. The van der Waals surface area contributed by atoms with E-state index in [-0.39, 0.29) is 28.6 Å². The molecule has 1 aliphatic rings. The first kappa shape index (κ1) is 21.7. The lowest BCUT2D eigenvalue weighted by Gasteiger charge is -2.26. The topological polar surface area (TPSA) is 125 Å². The van der Waals surface area contributed by atoms with E-state index in [1.807, 2.05) is 0 Å². The third-order valence-electron chi connectivity index (χ3n) is 4.65. The van der Waals surface area contributed by atoms with Crippen molar-refractivity contribution in [3.63, 3.8) is 0 Å². The summed E-state index contributed by atoms with van der Waals surface area (Å²) < 4.78 is 32.3. The highest BCUT2D eigenvalue weighted by atomic mass is 35.5. The second kappa shape index (κ2) is 8.78. The summed E-state index contributed by atoms with van der Waals surface area (Å²) in [4.78, 5) is 12.3. The fourth-order valence-electron chi connectivity index (χ4n) is 2.94. The van der Waals surface area contributed by atoms with Crippen molar-refractivity contribution in [2.24, 2.45) is 0 Å². The Morgan fingerprint density at radius 1 is 1.17 bits per heavy atom. The van der Waals surface area contributed by atoms with Crippen LogP contribution in [0.1, 0.15) is 10.4 Å². The first-order valence-electron chi connectivity index (χ1n) is 8.82. The van der Waals surface area contributed by atoms with Gasteiger partial charge in [0.15, 0.2) is 0 Å². The van der Waals surface area contributed by atoms with Crippen molar-refractivity contribution >= 4 is 27.5 Å². The Morgan fingerprint density at radius 2 is 1.83 bits per heavy atom. The van der Waals surface area contributed by atoms with E-state index in [2.05, 4.69) is 10.0 Å². The molecule has 0 radical (unpaired) electrons. The zero-order valence-corrected chi connectivity index (χ0v) is 16.9. The maximum absolute atomic E-state index is 12.3. The Balaban J connectivity index is 1.58. The second-order valence-corrected chi connectivity index (χ2v) is 8.90. The van der Waals surface area contributed by atoms with Crippen LogP contribution in [0, 0.1) is 0 Å². The van der Waals surface area contributed by atoms with E-state index in [0.717, 1.165) is 0 Å². The van der Waals surface area contributed by atoms with Gasteiger partial charge < -0.3 is 20.3 Å². The van der Waals surface area contributed by atoms with E-state index in [1.54, 1.807) is 42.5 Å². The minimum atomic E-state index is -3.85. The molecule has 3 rings (SSSR count). The molecule has 1 aliphatic heterocycles. The summed E-state index contributed by atoms with van der Waals surface area (Å²) in [5, 5.41) is 23.9. The average molecular weight is 441 g/mol. The van der Waals surface area contributed by atoms with Crippen molar-refractivity contribution in [1.29, 1.82) is 0 Å². The molecule has 3 atom stereocenters. The van der Waals surface area contributed by atoms with Gasteiger partial charge in [-0.15, -0.1) is 0 Å². The van der Waals surface area contributed by atoms with Crippen molar-refractivity contribution in [3.8, 4) is 0 Å². The molecular formula is C19H21ClN2O6S. The predicted octanol–water partition coefficient (Wildman–Crippen LogP) is 0.539. The highest BCUT2D eigenvalue weighted by Crippen LogP contribution is 2.25. The largest absolute Gasteiger partial charge is 0.387 e. The lowest BCUT2D eigenvalue weighted by atomic mass is 9.97. The summed E-state index contributed by atoms with van der Waals surface area (Å²) in [6.45, 7) is -0.822. The van der Waals surface area contributed by atoms with Gasteiger partial charge in [-0.1, -0.05) is 41.9 Å². The predicted molar refractivity (Wildman–Crippen MR) is 106 cm³/mol. The van der Waals surface area contributed by atoms with Crippen LogP contribution in [-0.4, -0.2) is 62.0 Å². The smallest absolute Gasteiger partial charge is 0.252 e. The Labute approximate surface area is 173 Å². The molecule has 0 aromatic heterocycles. The van der Waals surface area contributed by atoms with Gasteiger partial charge in [-0.25, -0.2) is 13.1 Å². The molecule has 29 heavy (non-hydrogen) atoms. The lowest BCUT2D eigenvalue weighted by molar-refractivity contribution is -0.0445. The van der Waals surface area contributed by atoms with Crippen molar-refractivity contribution < 1.29 is 28.2 Å².